The number of rotatable bonds is 9. The van der Waals surface area contributed by atoms with Crippen molar-refractivity contribution in [1.82, 2.24) is 15.2 Å². The van der Waals surface area contributed by atoms with Gasteiger partial charge in [-0.1, -0.05) is 17.7 Å². The number of hydrogen-bond acceptors (Lipinski definition) is 3. The van der Waals surface area contributed by atoms with Gasteiger partial charge >= 0.3 is 12.0 Å². The Bertz CT molecular complexity index is 805. The van der Waals surface area contributed by atoms with Crippen LogP contribution in [-0.4, -0.2) is 40.2 Å². The third kappa shape index (κ3) is 5.66. The van der Waals surface area contributed by atoms with Crippen LogP contribution in [0.5, 0.6) is 0 Å². The van der Waals surface area contributed by atoms with E-state index in [9.17, 15) is 19.5 Å². The molecular formula is C17H21ClN4O4. The number of urea groups is 1. The summed E-state index contributed by atoms with van der Waals surface area (Å²) in [5.74, 6) is -1.47. The lowest BCUT2D eigenvalue weighted by molar-refractivity contribution is -0.142. The summed E-state index contributed by atoms with van der Waals surface area (Å²) in [6, 6.07) is 5.77. The Balaban J connectivity index is 1.86. The highest BCUT2D eigenvalue weighted by molar-refractivity contribution is 6.31. The molecule has 0 spiro atoms. The van der Waals surface area contributed by atoms with Crippen LogP contribution in [0.1, 0.15) is 19.3 Å². The number of carboxylic acid groups (broad SMARTS) is 1. The molecule has 8 nitrogen and oxygen atoms in total. The molecule has 0 bridgehead atoms. The fourth-order valence-electron chi connectivity index (χ4n) is 2.62. The monoisotopic (exact) mass is 380 g/mol. The molecule has 2 rings (SSSR count). The summed E-state index contributed by atoms with van der Waals surface area (Å²) in [6.07, 6.45) is 2.59. The standard InChI is InChI=1S/C17H21ClN4O4/c18-12-4-3-11-5-8-22(14(11)10-12)9-6-15(23)21-13(16(24)25)2-1-7-20-17(19)26/h3-5,8,10,13H,1-2,6-7,9H2,(H,21,23)(H,24,25)(H3,19,20,26)/t13-/m0/s1. The van der Waals surface area contributed by atoms with Gasteiger partial charge < -0.3 is 26.0 Å². The number of carbonyl (C=O) groups is 3. The van der Waals surface area contributed by atoms with E-state index >= 15 is 0 Å². The van der Waals surface area contributed by atoms with Crippen molar-refractivity contribution in [3.8, 4) is 0 Å². The maximum absolute atomic E-state index is 12.1. The zero-order chi connectivity index (χ0) is 19.1. The van der Waals surface area contributed by atoms with Crippen molar-refractivity contribution in [1.29, 1.82) is 0 Å². The molecule has 0 aliphatic heterocycles. The number of aryl methyl sites for hydroxylation is 1. The Labute approximate surface area is 155 Å². The molecule has 1 heterocycles. The van der Waals surface area contributed by atoms with Crippen molar-refractivity contribution >= 4 is 40.4 Å². The van der Waals surface area contributed by atoms with Gasteiger partial charge in [-0.05, 0) is 36.4 Å². The van der Waals surface area contributed by atoms with Gasteiger partial charge in [0, 0.05) is 36.2 Å². The molecule has 0 aliphatic rings. The molecule has 1 aromatic heterocycles. The molecule has 0 fully saturated rings. The number of fused-ring (bicyclic) bond motifs is 1. The number of nitrogens with two attached hydrogens (primary N) is 1. The smallest absolute Gasteiger partial charge is 0.326 e. The minimum Gasteiger partial charge on any atom is -0.480 e. The number of nitrogens with one attached hydrogen (secondary N) is 2. The molecule has 2 aromatic rings. The molecule has 26 heavy (non-hydrogen) atoms. The van der Waals surface area contributed by atoms with Gasteiger partial charge in [0.25, 0.3) is 0 Å². The van der Waals surface area contributed by atoms with Gasteiger partial charge in [-0.3, -0.25) is 4.79 Å². The normalized spacial score (nSPS) is 11.9. The number of hydrogen-bond donors (Lipinski definition) is 4. The van der Waals surface area contributed by atoms with E-state index in [0.29, 0.717) is 18.0 Å². The number of halogens is 1. The second-order valence-electron chi connectivity index (χ2n) is 5.85. The summed E-state index contributed by atoms with van der Waals surface area (Å²) in [6.45, 7) is 0.663. The second-order valence-corrected chi connectivity index (χ2v) is 6.29. The summed E-state index contributed by atoms with van der Waals surface area (Å²) in [5.41, 5.74) is 5.85. The molecule has 9 heteroatoms. The first-order valence-electron chi connectivity index (χ1n) is 8.16. The van der Waals surface area contributed by atoms with Crippen LogP contribution in [0.25, 0.3) is 10.9 Å². The van der Waals surface area contributed by atoms with Gasteiger partial charge in [-0.25, -0.2) is 9.59 Å². The predicted molar refractivity (Wildman–Crippen MR) is 98.0 cm³/mol. The van der Waals surface area contributed by atoms with Gasteiger partial charge in [0.15, 0.2) is 0 Å². The van der Waals surface area contributed by atoms with Gasteiger partial charge in [-0.2, -0.15) is 0 Å². The van der Waals surface area contributed by atoms with E-state index in [-0.39, 0.29) is 25.3 Å². The van der Waals surface area contributed by atoms with Crippen LogP contribution in [0.15, 0.2) is 30.5 Å². The molecule has 0 saturated heterocycles. The van der Waals surface area contributed by atoms with Crippen LogP contribution in [-0.2, 0) is 16.1 Å². The van der Waals surface area contributed by atoms with E-state index in [1.165, 1.54) is 0 Å². The molecule has 0 saturated carbocycles. The Morgan fingerprint density at radius 1 is 1.27 bits per heavy atom. The second kappa shape index (κ2) is 9.10. The summed E-state index contributed by atoms with van der Waals surface area (Å²) in [5, 5.41) is 15.7. The molecule has 140 valence electrons. The van der Waals surface area contributed by atoms with Gasteiger partial charge in [0.2, 0.25) is 5.91 Å². The third-order valence-electron chi connectivity index (χ3n) is 3.92. The van der Waals surface area contributed by atoms with Crippen molar-refractivity contribution in [3.05, 3.63) is 35.5 Å². The number of nitrogens with zero attached hydrogens (tertiary/aromatic N) is 1. The fraction of sp³-hybridized carbons (Fsp3) is 0.353. The zero-order valence-electron chi connectivity index (χ0n) is 14.1. The summed E-state index contributed by atoms with van der Waals surface area (Å²) in [7, 11) is 0. The Morgan fingerprint density at radius 2 is 2.04 bits per heavy atom. The van der Waals surface area contributed by atoms with Crippen LogP contribution >= 0.6 is 11.6 Å². The number of primary amides is 1. The number of benzene rings is 1. The van der Waals surface area contributed by atoms with Crippen LogP contribution in [0.4, 0.5) is 4.79 Å². The Morgan fingerprint density at radius 3 is 2.73 bits per heavy atom. The van der Waals surface area contributed by atoms with Crippen molar-refractivity contribution in [3.63, 3.8) is 0 Å². The highest BCUT2D eigenvalue weighted by Gasteiger charge is 2.19. The Kier molecular flexibility index (Phi) is 6.85. The lowest BCUT2D eigenvalue weighted by Crippen LogP contribution is -2.41. The first kappa shape index (κ1) is 19.6. The third-order valence-corrected chi connectivity index (χ3v) is 4.15. The molecule has 0 unspecified atom stereocenters. The number of carbonyl (C=O) groups excluding carboxylic acids is 2. The maximum atomic E-state index is 12.1. The van der Waals surface area contributed by atoms with Crippen LogP contribution < -0.4 is 16.4 Å². The molecule has 5 N–H and O–H groups in total. The fourth-order valence-corrected chi connectivity index (χ4v) is 2.78. The van der Waals surface area contributed by atoms with Crippen molar-refractivity contribution < 1.29 is 19.5 Å². The van der Waals surface area contributed by atoms with Crippen molar-refractivity contribution in [2.75, 3.05) is 6.54 Å². The molecule has 1 aromatic carbocycles. The highest BCUT2D eigenvalue weighted by Crippen LogP contribution is 2.20. The topological polar surface area (TPSA) is 126 Å². The van der Waals surface area contributed by atoms with Crippen molar-refractivity contribution in [2.45, 2.75) is 31.8 Å². The first-order chi connectivity index (χ1) is 12.4. The lowest BCUT2D eigenvalue weighted by atomic mass is 10.1. The highest BCUT2D eigenvalue weighted by atomic mass is 35.5. The van der Waals surface area contributed by atoms with Gasteiger partial charge in [0.1, 0.15) is 6.04 Å². The zero-order valence-corrected chi connectivity index (χ0v) is 14.8. The minimum absolute atomic E-state index is 0.139. The van der Waals surface area contributed by atoms with E-state index < -0.39 is 18.0 Å². The van der Waals surface area contributed by atoms with E-state index in [1.54, 1.807) is 6.07 Å². The van der Waals surface area contributed by atoms with E-state index in [2.05, 4.69) is 10.6 Å². The molecule has 1 atom stereocenters. The number of aliphatic carboxylic acids is 1. The maximum Gasteiger partial charge on any atom is 0.326 e. The number of aromatic nitrogens is 1. The average Bonchev–Trinajstić information content (AvgIpc) is 2.97. The van der Waals surface area contributed by atoms with Crippen LogP contribution in [0.3, 0.4) is 0 Å². The molecule has 0 aliphatic carbocycles. The minimum atomic E-state index is -1.12. The van der Waals surface area contributed by atoms with Crippen LogP contribution in [0, 0.1) is 0 Å². The molecular weight excluding hydrogens is 360 g/mol. The number of carboxylic acids is 1. The van der Waals surface area contributed by atoms with Crippen LogP contribution in [0.2, 0.25) is 5.02 Å². The van der Waals surface area contributed by atoms with Gasteiger partial charge in [0.05, 0.1) is 0 Å². The van der Waals surface area contributed by atoms with Gasteiger partial charge in [-0.15, -0.1) is 0 Å². The lowest BCUT2D eigenvalue weighted by Gasteiger charge is -2.15. The van der Waals surface area contributed by atoms with Crippen molar-refractivity contribution in [2.24, 2.45) is 5.73 Å². The molecule has 0 radical (unpaired) electrons. The Hall–Kier alpha value is -2.74. The largest absolute Gasteiger partial charge is 0.480 e. The SMILES string of the molecule is NC(=O)NCCC[C@H](NC(=O)CCn1ccc2ccc(Cl)cc21)C(=O)O. The summed E-state index contributed by atoms with van der Waals surface area (Å²) >= 11 is 6.00. The number of amides is 3. The van der Waals surface area contributed by atoms with E-state index in [4.69, 9.17) is 17.3 Å². The molecule has 3 amide bonds. The van der Waals surface area contributed by atoms with E-state index in [0.717, 1.165) is 10.9 Å². The predicted octanol–water partition coefficient (Wildman–Crippen LogP) is 1.70. The van der Waals surface area contributed by atoms with E-state index in [1.807, 2.05) is 29.0 Å². The first-order valence-corrected chi connectivity index (χ1v) is 8.54. The quantitative estimate of drug-likeness (QED) is 0.494. The average molecular weight is 381 g/mol. The summed E-state index contributed by atoms with van der Waals surface area (Å²) in [4.78, 5) is 33.9. The summed E-state index contributed by atoms with van der Waals surface area (Å²) < 4.78 is 1.90.